The molecule has 4 rings (SSSR count). The van der Waals surface area contributed by atoms with Gasteiger partial charge in [0, 0.05) is 11.3 Å². The van der Waals surface area contributed by atoms with Gasteiger partial charge >= 0.3 is 0 Å². The van der Waals surface area contributed by atoms with Crippen molar-refractivity contribution in [3.63, 3.8) is 0 Å². The second kappa shape index (κ2) is 8.93. The Morgan fingerprint density at radius 2 is 1.58 bits per heavy atom. The highest BCUT2D eigenvalue weighted by Crippen LogP contribution is 2.20. The minimum atomic E-state index is -0.913. The van der Waals surface area contributed by atoms with E-state index in [9.17, 15) is 13.2 Å². The molecule has 0 unspecified atom stereocenters. The highest BCUT2D eigenvalue weighted by atomic mass is 19.2. The number of nitrogens with zero attached hydrogens (tertiary/aromatic N) is 1. The Balaban J connectivity index is 1.48. The molecular weight excluding hydrogens is 399 g/mol. The largest absolute Gasteiger partial charge is 0.495 e. The van der Waals surface area contributed by atoms with Crippen LogP contribution in [-0.2, 0) is 12.8 Å². The molecule has 4 aromatic rings. The van der Waals surface area contributed by atoms with Crippen LogP contribution in [0.25, 0.3) is 10.8 Å². The van der Waals surface area contributed by atoms with Crippen LogP contribution in [0, 0.1) is 29.3 Å². The number of methoxy groups -OCH3 is 1. The molecule has 0 N–H and O–H groups in total. The van der Waals surface area contributed by atoms with Gasteiger partial charge in [-0.15, -0.1) is 0 Å². The van der Waals surface area contributed by atoms with Crippen LogP contribution in [-0.4, -0.2) is 12.1 Å². The number of pyridine rings is 1. The minimum Gasteiger partial charge on any atom is -0.495 e. The van der Waals surface area contributed by atoms with Gasteiger partial charge in [-0.3, -0.25) is 4.98 Å². The van der Waals surface area contributed by atoms with Crippen LogP contribution in [0.2, 0.25) is 0 Å². The minimum absolute atomic E-state index is 0.275. The van der Waals surface area contributed by atoms with Crippen LogP contribution in [0.5, 0.6) is 5.75 Å². The topological polar surface area (TPSA) is 22.1 Å². The number of hydrogen-bond acceptors (Lipinski definition) is 2. The van der Waals surface area contributed by atoms with Crippen molar-refractivity contribution in [1.29, 1.82) is 0 Å². The fourth-order valence-electron chi connectivity index (χ4n) is 3.23. The van der Waals surface area contributed by atoms with Gasteiger partial charge in [0.25, 0.3) is 0 Å². The zero-order chi connectivity index (χ0) is 21.8. The highest BCUT2D eigenvalue weighted by Gasteiger charge is 2.05. The van der Waals surface area contributed by atoms with Crippen LogP contribution in [0.1, 0.15) is 22.4 Å². The lowest BCUT2D eigenvalue weighted by atomic mass is 10.0. The Morgan fingerprint density at radius 1 is 0.774 bits per heavy atom. The maximum atomic E-state index is 14.5. The molecule has 0 radical (unpaired) electrons. The number of halogens is 3. The molecule has 31 heavy (non-hydrogen) atoms. The van der Waals surface area contributed by atoms with Crippen LogP contribution in [0.15, 0.2) is 66.9 Å². The molecule has 3 aromatic carbocycles. The van der Waals surface area contributed by atoms with E-state index in [4.69, 9.17) is 4.74 Å². The van der Waals surface area contributed by atoms with E-state index in [1.165, 1.54) is 6.07 Å². The lowest BCUT2D eigenvalue weighted by Crippen LogP contribution is -1.96. The zero-order valence-electron chi connectivity index (χ0n) is 16.8. The first-order chi connectivity index (χ1) is 15.0. The van der Waals surface area contributed by atoms with Gasteiger partial charge in [-0.25, -0.2) is 13.2 Å². The molecule has 0 saturated heterocycles. The van der Waals surface area contributed by atoms with E-state index < -0.39 is 17.5 Å². The summed E-state index contributed by atoms with van der Waals surface area (Å²) in [6, 6.07) is 16.0. The number of aromatic nitrogens is 1. The molecule has 5 heteroatoms. The summed E-state index contributed by atoms with van der Waals surface area (Å²) in [4.78, 5) is 4.31. The summed E-state index contributed by atoms with van der Waals surface area (Å²) in [5.41, 5.74) is 2.62. The summed E-state index contributed by atoms with van der Waals surface area (Å²) in [6.45, 7) is 0. The summed E-state index contributed by atoms with van der Waals surface area (Å²) in [5, 5.41) is 1.11. The fourth-order valence-corrected chi connectivity index (χ4v) is 3.23. The van der Waals surface area contributed by atoms with Crippen LogP contribution in [0.3, 0.4) is 0 Å². The predicted molar refractivity (Wildman–Crippen MR) is 114 cm³/mol. The van der Waals surface area contributed by atoms with Crippen molar-refractivity contribution in [3.05, 3.63) is 107 Å². The van der Waals surface area contributed by atoms with Crippen molar-refractivity contribution in [2.45, 2.75) is 12.8 Å². The second-order valence-electron chi connectivity index (χ2n) is 7.08. The van der Waals surface area contributed by atoms with E-state index in [-0.39, 0.29) is 5.56 Å². The lowest BCUT2D eigenvalue weighted by Gasteiger charge is -2.04. The van der Waals surface area contributed by atoms with Crippen molar-refractivity contribution in [1.82, 2.24) is 4.98 Å². The average molecular weight is 417 g/mol. The number of rotatable bonds is 4. The maximum absolute atomic E-state index is 14.5. The third-order valence-electron chi connectivity index (χ3n) is 4.96. The molecule has 0 aliphatic heterocycles. The number of benzene rings is 3. The summed E-state index contributed by atoms with van der Waals surface area (Å²) in [5.74, 6) is 4.19. The number of aryl methyl sites for hydroxylation is 2. The first-order valence-corrected chi connectivity index (χ1v) is 9.70. The molecule has 0 spiro atoms. The van der Waals surface area contributed by atoms with E-state index in [1.54, 1.807) is 37.6 Å². The Hall–Kier alpha value is -3.78. The van der Waals surface area contributed by atoms with Crippen LogP contribution < -0.4 is 4.74 Å². The second-order valence-corrected chi connectivity index (χ2v) is 7.08. The zero-order valence-corrected chi connectivity index (χ0v) is 16.8. The smallest absolute Gasteiger partial charge is 0.159 e. The SMILES string of the molecule is COc1ccc(CCc2ccc(C#Cc3ccc4cc(F)c(F)cc4c3)c(F)c2)nc1. The summed E-state index contributed by atoms with van der Waals surface area (Å²) >= 11 is 0. The normalized spacial score (nSPS) is 10.6. The molecule has 0 fully saturated rings. The molecule has 154 valence electrons. The van der Waals surface area contributed by atoms with Gasteiger partial charge in [0.1, 0.15) is 11.6 Å². The van der Waals surface area contributed by atoms with Gasteiger partial charge in [-0.2, -0.15) is 0 Å². The highest BCUT2D eigenvalue weighted by molar-refractivity contribution is 5.84. The van der Waals surface area contributed by atoms with E-state index >= 15 is 0 Å². The summed E-state index contributed by atoms with van der Waals surface area (Å²) in [6.07, 6.45) is 2.99. The van der Waals surface area contributed by atoms with Crippen molar-refractivity contribution < 1.29 is 17.9 Å². The monoisotopic (exact) mass is 417 g/mol. The summed E-state index contributed by atoms with van der Waals surface area (Å²) < 4.78 is 46.4. The molecular formula is C26H18F3NO. The standard InChI is InChI=1S/C26H18F3NO/c1-31-23-11-10-22(30-16-23)9-5-18-3-7-19(24(27)13-18)6-2-17-4-8-20-14-25(28)26(29)15-21(20)12-17/h3-4,7-8,10-16H,5,9H2,1H3. The molecule has 0 aliphatic rings. The van der Waals surface area contributed by atoms with Gasteiger partial charge < -0.3 is 4.74 Å². The average Bonchev–Trinajstić information content (AvgIpc) is 2.78. The van der Waals surface area contributed by atoms with Crippen molar-refractivity contribution in [3.8, 4) is 17.6 Å². The number of hydrogen-bond donors (Lipinski definition) is 0. The van der Waals surface area contributed by atoms with Gasteiger partial charge in [0.15, 0.2) is 11.6 Å². The Morgan fingerprint density at radius 3 is 2.29 bits per heavy atom. The van der Waals surface area contributed by atoms with E-state index in [1.807, 2.05) is 18.2 Å². The maximum Gasteiger partial charge on any atom is 0.159 e. The molecule has 1 heterocycles. The number of fused-ring (bicyclic) bond motifs is 1. The molecule has 2 nitrogen and oxygen atoms in total. The molecule has 1 aromatic heterocycles. The first-order valence-electron chi connectivity index (χ1n) is 9.70. The predicted octanol–water partition coefficient (Wildman–Crippen LogP) is 5.85. The lowest BCUT2D eigenvalue weighted by molar-refractivity contribution is 0.412. The quantitative estimate of drug-likeness (QED) is 0.389. The Bertz CT molecular complexity index is 1300. The van der Waals surface area contributed by atoms with E-state index in [0.29, 0.717) is 34.9 Å². The third kappa shape index (κ3) is 4.87. The first kappa shape index (κ1) is 20.5. The van der Waals surface area contributed by atoms with Gasteiger partial charge in [-0.05, 0) is 77.7 Å². The molecule has 0 atom stereocenters. The molecule has 0 amide bonds. The van der Waals surface area contributed by atoms with Crippen molar-refractivity contribution >= 4 is 10.8 Å². The van der Waals surface area contributed by atoms with Gasteiger partial charge in [0.2, 0.25) is 0 Å². The molecule has 0 bridgehead atoms. The van der Waals surface area contributed by atoms with Crippen molar-refractivity contribution in [2.24, 2.45) is 0 Å². The fraction of sp³-hybridized carbons (Fsp3) is 0.115. The van der Waals surface area contributed by atoms with Gasteiger partial charge in [-0.1, -0.05) is 24.0 Å². The third-order valence-corrected chi connectivity index (χ3v) is 4.96. The number of ether oxygens (including phenoxy) is 1. The Labute approximate surface area is 178 Å². The van der Waals surface area contributed by atoms with E-state index in [2.05, 4.69) is 16.8 Å². The molecule has 0 saturated carbocycles. The van der Waals surface area contributed by atoms with Gasteiger partial charge in [0.05, 0.1) is 18.9 Å². The van der Waals surface area contributed by atoms with Crippen molar-refractivity contribution in [2.75, 3.05) is 7.11 Å². The summed E-state index contributed by atoms with van der Waals surface area (Å²) in [7, 11) is 1.59. The van der Waals surface area contributed by atoms with Crippen LogP contribution in [0.4, 0.5) is 13.2 Å². The van der Waals surface area contributed by atoms with Crippen LogP contribution >= 0.6 is 0 Å². The Kier molecular flexibility index (Phi) is 5.90. The van der Waals surface area contributed by atoms with E-state index in [0.717, 1.165) is 23.4 Å². The molecule has 0 aliphatic carbocycles.